The lowest BCUT2D eigenvalue weighted by molar-refractivity contribution is -0.122. The number of amides is 1. The Labute approximate surface area is 185 Å². The smallest absolute Gasteiger partial charge is 0.266 e. The summed E-state index contributed by atoms with van der Waals surface area (Å²) in [7, 11) is 0. The molecule has 170 valence electrons. The molecule has 0 spiro atoms. The zero-order valence-electron chi connectivity index (χ0n) is 18.6. The van der Waals surface area contributed by atoms with Crippen LogP contribution in [0.4, 0.5) is 8.78 Å². The SMILES string of the molecule is Cc1cc(C)n(CCC(=O)N[C@H](Cn2nc(-c3ccc(F)c(F)c3)ccc2=O)C(C)C)n1. The van der Waals surface area contributed by atoms with Crippen LogP contribution in [0.3, 0.4) is 0 Å². The fraction of sp³-hybridized carbons (Fsp3) is 0.391. The van der Waals surface area contributed by atoms with E-state index >= 15 is 0 Å². The van der Waals surface area contributed by atoms with Crippen molar-refractivity contribution in [2.24, 2.45) is 5.92 Å². The highest BCUT2D eigenvalue weighted by molar-refractivity contribution is 5.76. The van der Waals surface area contributed by atoms with Gasteiger partial charge < -0.3 is 5.32 Å². The number of benzene rings is 1. The molecule has 0 saturated heterocycles. The predicted molar refractivity (Wildman–Crippen MR) is 117 cm³/mol. The van der Waals surface area contributed by atoms with E-state index in [4.69, 9.17) is 0 Å². The second-order valence-corrected chi connectivity index (χ2v) is 8.19. The first kappa shape index (κ1) is 23.3. The second-order valence-electron chi connectivity index (χ2n) is 8.19. The number of aryl methyl sites for hydroxylation is 3. The molecule has 9 heteroatoms. The zero-order valence-corrected chi connectivity index (χ0v) is 18.6. The minimum atomic E-state index is -0.989. The topological polar surface area (TPSA) is 81.8 Å². The molecule has 0 saturated carbocycles. The molecule has 0 unspecified atom stereocenters. The van der Waals surface area contributed by atoms with Crippen LogP contribution in [0.5, 0.6) is 0 Å². The van der Waals surface area contributed by atoms with E-state index < -0.39 is 11.6 Å². The molecule has 7 nitrogen and oxygen atoms in total. The maximum absolute atomic E-state index is 13.6. The van der Waals surface area contributed by atoms with Gasteiger partial charge in [-0.1, -0.05) is 13.8 Å². The van der Waals surface area contributed by atoms with Crippen LogP contribution in [0.2, 0.25) is 0 Å². The summed E-state index contributed by atoms with van der Waals surface area (Å²) < 4.78 is 29.9. The fourth-order valence-corrected chi connectivity index (χ4v) is 3.39. The van der Waals surface area contributed by atoms with Crippen molar-refractivity contribution in [2.75, 3.05) is 0 Å². The summed E-state index contributed by atoms with van der Waals surface area (Å²) in [5, 5.41) is 11.6. The van der Waals surface area contributed by atoms with E-state index in [0.29, 0.717) is 17.8 Å². The number of hydrogen-bond donors (Lipinski definition) is 1. The van der Waals surface area contributed by atoms with Gasteiger partial charge in [0.05, 0.1) is 24.0 Å². The minimum Gasteiger partial charge on any atom is -0.351 e. The van der Waals surface area contributed by atoms with Crippen molar-refractivity contribution >= 4 is 5.91 Å². The summed E-state index contributed by atoms with van der Waals surface area (Å²) in [6.07, 6.45) is 0.252. The fourth-order valence-electron chi connectivity index (χ4n) is 3.39. The molecule has 2 aromatic heterocycles. The lowest BCUT2D eigenvalue weighted by atomic mass is 10.0. The highest BCUT2D eigenvalue weighted by Gasteiger charge is 2.19. The quantitative estimate of drug-likeness (QED) is 0.580. The summed E-state index contributed by atoms with van der Waals surface area (Å²) in [6, 6.07) is 7.85. The number of hydrogen-bond acceptors (Lipinski definition) is 4. The third-order valence-electron chi connectivity index (χ3n) is 5.26. The van der Waals surface area contributed by atoms with Crippen molar-refractivity contribution in [3.63, 3.8) is 0 Å². The Morgan fingerprint density at radius 1 is 1.03 bits per heavy atom. The number of aromatic nitrogens is 4. The molecule has 0 aliphatic heterocycles. The van der Waals surface area contributed by atoms with Crippen LogP contribution < -0.4 is 10.9 Å². The monoisotopic (exact) mass is 443 g/mol. The molecule has 2 heterocycles. The highest BCUT2D eigenvalue weighted by Crippen LogP contribution is 2.18. The number of carbonyl (C=O) groups excluding carboxylic acids is 1. The summed E-state index contributed by atoms with van der Waals surface area (Å²) in [5.74, 6) is -2.06. The lowest BCUT2D eigenvalue weighted by Crippen LogP contribution is -2.44. The van der Waals surface area contributed by atoms with E-state index in [2.05, 4.69) is 15.5 Å². The molecule has 1 N–H and O–H groups in total. The van der Waals surface area contributed by atoms with E-state index in [1.165, 1.54) is 22.9 Å². The van der Waals surface area contributed by atoms with Crippen molar-refractivity contribution in [1.29, 1.82) is 0 Å². The highest BCUT2D eigenvalue weighted by atomic mass is 19.2. The van der Waals surface area contributed by atoms with Crippen LogP contribution in [0, 0.1) is 31.4 Å². The van der Waals surface area contributed by atoms with Crippen LogP contribution in [0.1, 0.15) is 31.7 Å². The van der Waals surface area contributed by atoms with Gasteiger partial charge in [-0.3, -0.25) is 14.3 Å². The maximum Gasteiger partial charge on any atom is 0.266 e. The first-order valence-electron chi connectivity index (χ1n) is 10.5. The van der Waals surface area contributed by atoms with Gasteiger partial charge >= 0.3 is 0 Å². The molecule has 0 radical (unpaired) electrons. The van der Waals surface area contributed by atoms with Gasteiger partial charge in [0, 0.05) is 30.3 Å². The number of rotatable bonds is 8. The Morgan fingerprint density at radius 2 is 1.78 bits per heavy atom. The summed E-state index contributed by atoms with van der Waals surface area (Å²) in [4.78, 5) is 24.9. The Bertz CT molecular complexity index is 1170. The van der Waals surface area contributed by atoms with Crippen LogP contribution in [-0.4, -0.2) is 31.5 Å². The summed E-state index contributed by atoms with van der Waals surface area (Å²) in [6.45, 7) is 8.33. The minimum absolute atomic E-state index is 0.0354. The van der Waals surface area contributed by atoms with Crippen LogP contribution in [-0.2, 0) is 17.9 Å². The number of carbonyl (C=O) groups is 1. The summed E-state index contributed by atoms with van der Waals surface area (Å²) >= 11 is 0. The lowest BCUT2D eigenvalue weighted by Gasteiger charge is -2.23. The molecule has 1 amide bonds. The van der Waals surface area contributed by atoms with E-state index in [1.54, 1.807) is 4.68 Å². The molecule has 0 aliphatic rings. The molecule has 3 aromatic rings. The number of halogens is 2. The van der Waals surface area contributed by atoms with Crippen molar-refractivity contribution in [1.82, 2.24) is 24.9 Å². The Hall–Kier alpha value is -3.36. The summed E-state index contributed by atoms with van der Waals surface area (Å²) in [5.41, 5.74) is 2.23. The van der Waals surface area contributed by atoms with Gasteiger partial charge in [-0.25, -0.2) is 13.5 Å². The molecule has 0 fully saturated rings. The molecule has 3 rings (SSSR count). The van der Waals surface area contributed by atoms with Crippen molar-refractivity contribution in [3.05, 3.63) is 69.8 Å². The van der Waals surface area contributed by atoms with E-state index in [-0.39, 0.29) is 36.4 Å². The van der Waals surface area contributed by atoms with Gasteiger partial charge in [0.25, 0.3) is 5.56 Å². The Balaban J connectivity index is 1.72. The van der Waals surface area contributed by atoms with Gasteiger partial charge in [-0.2, -0.15) is 10.2 Å². The average Bonchev–Trinajstić information content (AvgIpc) is 3.06. The molecule has 1 atom stereocenters. The van der Waals surface area contributed by atoms with Gasteiger partial charge in [0.2, 0.25) is 5.91 Å². The largest absolute Gasteiger partial charge is 0.351 e. The van der Waals surface area contributed by atoms with E-state index in [1.807, 2.05) is 33.8 Å². The average molecular weight is 443 g/mol. The Morgan fingerprint density at radius 3 is 2.41 bits per heavy atom. The van der Waals surface area contributed by atoms with Gasteiger partial charge in [0.15, 0.2) is 11.6 Å². The van der Waals surface area contributed by atoms with E-state index in [9.17, 15) is 18.4 Å². The number of nitrogens with zero attached hydrogens (tertiary/aromatic N) is 4. The second kappa shape index (κ2) is 9.84. The molecule has 32 heavy (non-hydrogen) atoms. The first-order chi connectivity index (χ1) is 15.1. The van der Waals surface area contributed by atoms with Gasteiger partial charge in [0.1, 0.15) is 0 Å². The predicted octanol–water partition coefficient (Wildman–Crippen LogP) is 3.23. The van der Waals surface area contributed by atoms with Crippen molar-refractivity contribution in [2.45, 2.75) is 53.2 Å². The van der Waals surface area contributed by atoms with Gasteiger partial charge in [-0.15, -0.1) is 0 Å². The zero-order chi connectivity index (χ0) is 23.4. The normalized spacial score (nSPS) is 12.2. The molecular formula is C23H27F2N5O2. The third-order valence-corrected chi connectivity index (χ3v) is 5.26. The van der Waals surface area contributed by atoms with Crippen LogP contribution in [0.15, 0.2) is 41.2 Å². The van der Waals surface area contributed by atoms with Crippen LogP contribution >= 0.6 is 0 Å². The molecule has 1 aromatic carbocycles. The Kier molecular flexibility index (Phi) is 7.17. The van der Waals surface area contributed by atoms with Crippen molar-refractivity contribution in [3.8, 4) is 11.3 Å². The molecular weight excluding hydrogens is 416 g/mol. The molecule has 0 aliphatic carbocycles. The van der Waals surface area contributed by atoms with Crippen LogP contribution in [0.25, 0.3) is 11.3 Å². The maximum atomic E-state index is 13.6. The van der Waals surface area contributed by atoms with Crippen molar-refractivity contribution < 1.29 is 13.6 Å². The number of nitrogens with one attached hydrogen (secondary N) is 1. The third kappa shape index (κ3) is 5.66. The van der Waals surface area contributed by atoms with E-state index in [0.717, 1.165) is 23.5 Å². The first-order valence-corrected chi connectivity index (χ1v) is 10.5. The molecule has 0 bridgehead atoms. The van der Waals surface area contributed by atoms with Gasteiger partial charge in [-0.05, 0) is 50.1 Å². The standard InChI is InChI=1S/C23H27F2N5O2/c1-14(2)21(26-22(31)9-10-29-16(4)11-15(3)27-29)13-30-23(32)8-7-20(28-30)17-5-6-18(24)19(25)12-17/h5-8,11-12,14,21H,9-10,13H2,1-4H3,(H,26,31)/t21-/m1/s1.